The predicted octanol–water partition coefficient (Wildman–Crippen LogP) is 3.81. The summed E-state index contributed by atoms with van der Waals surface area (Å²) in [5, 5.41) is 0.734. The number of carbonyl (C=O) groups excluding carboxylic acids is 2. The molecule has 2 aromatic rings. The Bertz CT molecular complexity index is 951. The molecule has 8 heteroatoms. The third-order valence-electron chi connectivity index (χ3n) is 5.44. The maximum absolute atomic E-state index is 13.1. The fourth-order valence-corrected chi connectivity index (χ4v) is 4.49. The van der Waals surface area contributed by atoms with Crippen molar-refractivity contribution < 1.29 is 14.3 Å². The molecule has 1 fully saturated rings. The van der Waals surface area contributed by atoms with E-state index in [9.17, 15) is 9.59 Å². The minimum atomic E-state index is -0.236. The number of likely N-dealkylation sites (tertiary alicyclic amines) is 1. The van der Waals surface area contributed by atoms with Crippen LogP contribution in [0.25, 0.3) is 0 Å². The quantitative estimate of drug-likeness (QED) is 0.340. The summed E-state index contributed by atoms with van der Waals surface area (Å²) in [7, 11) is 3.94. The summed E-state index contributed by atoms with van der Waals surface area (Å²) in [6.07, 6.45) is 2.43. The molecule has 0 spiro atoms. The normalized spacial score (nSPS) is 16.0. The van der Waals surface area contributed by atoms with E-state index < -0.39 is 0 Å². The first-order valence-electron chi connectivity index (χ1n) is 11.1. The number of amides is 1. The molecular weight excluding hydrogens is 424 g/mol. The van der Waals surface area contributed by atoms with Crippen LogP contribution in [0, 0.1) is 5.92 Å². The third kappa shape index (κ3) is 6.22. The minimum Gasteiger partial charge on any atom is -0.466 e. The first-order chi connectivity index (χ1) is 15.4. The lowest BCUT2D eigenvalue weighted by atomic mass is 9.97. The van der Waals surface area contributed by atoms with E-state index in [-0.39, 0.29) is 17.8 Å². The lowest BCUT2D eigenvalue weighted by Crippen LogP contribution is -2.42. The largest absolute Gasteiger partial charge is 0.466 e. The number of thioether (sulfide) groups is 1. The van der Waals surface area contributed by atoms with Gasteiger partial charge >= 0.3 is 5.97 Å². The monoisotopic (exact) mass is 456 g/mol. The number of piperidine rings is 1. The van der Waals surface area contributed by atoms with Crippen molar-refractivity contribution >= 4 is 29.5 Å². The van der Waals surface area contributed by atoms with Crippen molar-refractivity contribution in [2.45, 2.75) is 44.0 Å². The van der Waals surface area contributed by atoms with Crippen LogP contribution in [0.2, 0.25) is 0 Å². The van der Waals surface area contributed by atoms with Crippen LogP contribution in [0.3, 0.4) is 0 Å². The molecule has 0 saturated carbocycles. The van der Waals surface area contributed by atoms with Crippen LogP contribution in [0.15, 0.2) is 35.5 Å². The highest BCUT2D eigenvalue weighted by molar-refractivity contribution is 7.98. The van der Waals surface area contributed by atoms with E-state index in [0.717, 1.165) is 41.5 Å². The number of carbonyl (C=O) groups is 2. The Labute approximate surface area is 194 Å². The van der Waals surface area contributed by atoms with Crippen LogP contribution in [0.5, 0.6) is 0 Å². The van der Waals surface area contributed by atoms with Gasteiger partial charge in [0.1, 0.15) is 5.82 Å². The fourth-order valence-electron chi connectivity index (χ4n) is 3.67. The van der Waals surface area contributed by atoms with Crippen molar-refractivity contribution in [2.75, 3.05) is 38.7 Å². The van der Waals surface area contributed by atoms with Crippen molar-refractivity contribution in [1.82, 2.24) is 14.9 Å². The maximum atomic E-state index is 13.1. The van der Waals surface area contributed by atoms with Gasteiger partial charge in [0.2, 0.25) is 0 Å². The van der Waals surface area contributed by atoms with Gasteiger partial charge < -0.3 is 14.5 Å². The number of ether oxygens (including phenoxy) is 1. The number of aryl methyl sites for hydroxylation is 1. The molecule has 32 heavy (non-hydrogen) atoms. The molecule has 3 rings (SSSR count). The summed E-state index contributed by atoms with van der Waals surface area (Å²) in [6.45, 7) is 5.33. The molecule has 0 N–H and O–H groups in total. The first kappa shape index (κ1) is 24.0. The van der Waals surface area contributed by atoms with Crippen molar-refractivity contribution in [3.05, 3.63) is 47.2 Å². The molecule has 0 bridgehead atoms. The van der Waals surface area contributed by atoms with Gasteiger partial charge in [-0.05, 0) is 43.9 Å². The molecule has 1 saturated heterocycles. The Morgan fingerprint density at radius 2 is 2.03 bits per heavy atom. The molecular formula is C24H32N4O3S. The number of aromatic nitrogens is 2. The van der Waals surface area contributed by atoms with Crippen LogP contribution in [-0.4, -0.2) is 60.5 Å². The molecule has 0 aliphatic carbocycles. The number of esters is 1. The van der Waals surface area contributed by atoms with Gasteiger partial charge in [-0.1, -0.05) is 30.8 Å². The lowest BCUT2D eigenvalue weighted by Gasteiger charge is -2.31. The summed E-state index contributed by atoms with van der Waals surface area (Å²) in [6, 6.07) is 9.69. The Balaban J connectivity index is 1.67. The van der Waals surface area contributed by atoms with Crippen LogP contribution in [-0.2, 0) is 21.7 Å². The van der Waals surface area contributed by atoms with E-state index in [2.05, 4.69) is 16.9 Å². The minimum absolute atomic E-state index is 0.0371. The van der Waals surface area contributed by atoms with Gasteiger partial charge in [-0.2, -0.15) is 0 Å². The van der Waals surface area contributed by atoms with Crippen molar-refractivity contribution in [2.24, 2.45) is 5.92 Å². The zero-order chi connectivity index (χ0) is 23.1. The fraction of sp³-hybridized carbons (Fsp3) is 0.500. The molecule has 1 unspecified atom stereocenters. The zero-order valence-electron chi connectivity index (χ0n) is 19.3. The topological polar surface area (TPSA) is 75.6 Å². The Hall–Kier alpha value is -2.61. The van der Waals surface area contributed by atoms with Gasteiger partial charge in [0.15, 0.2) is 5.16 Å². The Morgan fingerprint density at radius 1 is 1.22 bits per heavy atom. The summed E-state index contributed by atoms with van der Waals surface area (Å²) < 4.78 is 5.15. The highest BCUT2D eigenvalue weighted by Gasteiger charge is 2.29. The van der Waals surface area contributed by atoms with Gasteiger partial charge in [0.05, 0.1) is 12.5 Å². The van der Waals surface area contributed by atoms with Crippen LogP contribution in [0.4, 0.5) is 5.82 Å². The van der Waals surface area contributed by atoms with Crippen molar-refractivity contribution in [3.63, 3.8) is 0 Å². The number of nitrogens with zero attached hydrogens (tertiary/aromatic N) is 4. The standard InChI is InChI=1S/C24H32N4O3S/c1-5-20-14-21(27(3)4)26-24(25-20)32-16-17-9-7-10-18(13-17)22(29)28-12-8-11-19(15-28)23(30)31-6-2/h7,9-10,13-14,19H,5-6,8,11-12,15-16H2,1-4H3. The summed E-state index contributed by atoms with van der Waals surface area (Å²) in [5.41, 5.74) is 2.69. The predicted molar refractivity (Wildman–Crippen MR) is 127 cm³/mol. The van der Waals surface area contributed by atoms with E-state index in [1.54, 1.807) is 23.6 Å². The van der Waals surface area contributed by atoms with E-state index >= 15 is 0 Å². The van der Waals surface area contributed by atoms with Gasteiger partial charge in [0, 0.05) is 50.3 Å². The molecule has 2 heterocycles. The summed E-state index contributed by atoms with van der Waals surface area (Å²) in [5.74, 6) is 1.09. The average molecular weight is 457 g/mol. The van der Waals surface area contributed by atoms with Gasteiger partial charge in [0.25, 0.3) is 5.91 Å². The van der Waals surface area contributed by atoms with Crippen LogP contribution < -0.4 is 4.90 Å². The third-order valence-corrected chi connectivity index (χ3v) is 6.35. The number of anilines is 1. The first-order valence-corrected chi connectivity index (χ1v) is 12.1. The number of hydrogen-bond acceptors (Lipinski definition) is 7. The molecule has 1 aromatic heterocycles. The summed E-state index contributed by atoms with van der Waals surface area (Å²) >= 11 is 1.57. The average Bonchev–Trinajstić information content (AvgIpc) is 2.82. The second-order valence-electron chi connectivity index (χ2n) is 8.08. The van der Waals surface area contributed by atoms with Crippen LogP contribution in [0.1, 0.15) is 48.3 Å². The maximum Gasteiger partial charge on any atom is 0.310 e. The van der Waals surface area contributed by atoms with E-state index in [1.165, 1.54) is 0 Å². The Morgan fingerprint density at radius 3 is 2.75 bits per heavy atom. The number of rotatable bonds is 8. The van der Waals surface area contributed by atoms with Crippen molar-refractivity contribution in [3.8, 4) is 0 Å². The van der Waals surface area contributed by atoms with Crippen molar-refractivity contribution in [1.29, 1.82) is 0 Å². The molecule has 1 aromatic carbocycles. The zero-order valence-corrected chi connectivity index (χ0v) is 20.2. The highest BCUT2D eigenvalue weighted by atomic mass is 32.2. The number of hydrogen-bond donors (Lipinski definition) is 0. The molecule has 1 amide bonds. The van der Waals surface area contributed by atoms with Gasteiger partial charge in [-0.25, -0.2) is 9.97 Å². The van der Waals surface area contributed by atoms with E-state index in [4.69, 9.17) is 4.74 Å². The molecule has 1 atom stereocenters. The molecule has 7 nitrogen and oxygen atoms in total. The summed E-state index contributed by atoms with van der Waals surface area (Å²) in [4.78, 5) is 38.2. The smallest absolute Gasteiger partial charge is 0.310 e. The molecule has 1 aliphatic heterocycles. The number of benzene rings is 1. The highest BCUT2D eigenvalue weighted by Crippen LogP contribution is 2.24. The second kappa shape index (κ2) is 11.3. The van der Waals surface area contributed by atoms with Crippen LogP contribution >= 0.6 is 11.8 Å². The second-order valence-corrected chi connectivity index (χ2v) is 9.02. The lowest BCUT2D eigenvalue weighted by molar-refractivity contribution is -0.149. The van der Waals surface area contributed by atoms with E-state index in [1.807, 2.05) is 49.3 Å². The SMILES string of the molecule is CCOC(=O)C1CCCN(C(=O)c2cccc(CSc3nc(CC)cc(N(C)C)n3)c2)C1. The molecule has 0 radical (unpaired) electrons. The Kier molecular flexibility index (Phi) is 8.50. The molecule has 172 valence electrons. The molecule has 1 aliphatic rings. The van der Waals surface area contributed by atoms with Gasteiger partial charge in [-0.3, -0.25) is 9.59 Å². The van der Waals surface area contributed by atoms with E-state index in [0.29, 0.717) is 31.0 Å². The van der Waals surface area contributed by atoms with Gasteiger partial charge in [-0.15, -0.1) is 0 Å².